The van der Waals surface area contributed by atoms with E-state index in [0.29, 0.717) is 5.76 Å². The molecular weight excluding hydrogens is 248 g/mol. The summed E-state index contributed by atoms with van der Waals surface area (Å²) in [5.74, 6) is 0.389. The summed E-state index contributed by atoms with van der Waals surface area (Å²) in [5, 5.41) is 0.969. The summed E-state index contributed by atoms with van der Waals surface area (Å²) in [6.45, 7) is 0. The lowest BCUT2D eigenvalue weighted by Crippen LogP contribution is -2.00. The SMILES string of the molecule is O=C(c1ccc2c(c1)CCC2)c1cc2ccccc2o1. The highest BCUT2D eigenvalue weighted by molar-refractivity contribution is 6.09. The standard InChI is InChI=1S/C18H14O2/c19-18(15-9-8-12-5-3-6-13(12)10-15)17-11-14-4-1-2-7-16(14)20-17/h1-2,4,7-11H,3,5-6H2. The Kier molecular flexibility index (Phi) is 2.49. The third-order valence-electron chi connectivity index (χ3n) is 4.01. The summed E-state index contributed by atoms with van der Waals surface area (Å²) in [7, 11) is 0. The lowest BCUT2D eigenvalue weighted by atomic mass is 10.0. The van der Waals surface area contributed by atoms with Crippen LogP contribution in [0.3, 0.4) is 0 Å². The Bertz CT molecular complexity index is 778. The molecule has 2 aromatic carbocycles. The highest BCUT2D eigenvalue weighted by Gasteiger charge is 2.17. The maximum Gasteiger partial charge on any atom is 0.228 e. The van der Waals surface area contributed by atoms with Crippen LogP contribution in [0.5, 0.6) is 0 Å². The predicted molar refractivity (Wildman–Crippen MR) is 78.1 cm³/mol. The molecule has 20 heavy (non-hydrogen) atoms. The van der Waals surface area contributed by atoms with Crippen molar-refractivity contribution < 1.29 is 9.21 Å². The Morgan fingerprint density at radius 2 is 1.80 bits per heavy atom. The quantitative estimate of drug-likeness (QED) is 0.649. The summed E-state index contributed by atoms with van der Waals surface area (Å²) in [6, 6.07) is 15.5. The summed E-state index contributed by atoms with van der Waals surface area (Å²) in [4.78, 5) is 12.5. The first-order valence-corrected chi connectivity index (χ1v) is 6.96. The van der Waals surface area contributed by atoms with E-state index in [-0.39, 0.29) is 5.78 Å². The summed E-state index contributed by atoms with van der Waals surface area (Å²) in [5.41, 5.74) is 4.18. The van der Waals surface area contributed by atoms with Gasteiger partial charge in [-0.3, -0.25) is 4.79 Å². The third kappa shape index (κ3) is 1.76. The number of carbonyl (C=O) groups excluding carboxylic acids is 1. The average Bonchev–Trinajstić information content (AvgIpc) is 3.11. The lowest BCUT2D eigenvalue weighted by molar-refractivity contribution is 0.101. The first kappa shape index (κ1) is 11.5. The highest BCUT2D eigenvalue weighted by atomic mass is 16.3. The van der Waals surface area contributed by atoms with Gasteiger partial charge in [-0.25, -0.2) is 0 Å². The molecule has 0 spiro atoms. The first-order valence-electron chi connectivity index (χ1n) is 6.96. The average molecular weight is 262 g/mol. The molecule has 1 heterocycles. The van der Waals surface area contributed by atoms with Crippen molar-refractivity contribution in [2.24, 2.45) is 0 Å². The Labute approximate surface area is 117 Å². The molecule has 1 aliphatic rings. The van der Waals surface area contributed by atoms with Gasteiger partial charge in [-0.05, 0) is 48.6 Å². The van der Waals surface area contributed by atoms with Gasteiger partial charge in [0.15, 0.2) is 5.76 Å². The van der Waals surface area contributed by atoms with Crippen LogP contribution in [-0.2, 0) is 12.8 Å². The Morgan fingerprint density at radius 3 is 2.70 bits per heavy atom. The Balaban J connectivity index is 1.76. The van der Waals surface area contributed by atoms with Crippen molar-refractivity contribution in [3.05, 3.63) is 71.0 Å². The maximum absolute atomic E-state index is 12.5. The molecule has 0 N–H and O–H groups in total. The molecule has 4 rings (SSSR count). The number of hydrogen-bond donors (Lipinski definition) is 0. The van der Waals surface area contributed by atoms with Crippen molar-refractivity contribution in [1.82, 2.24) is 0 Å². The Hall–Kier alpha value is -2.35. The zero-order chi connectivity index (χ0) is 13.5. The highest BCUT2D eigenvalue weighted by Crippen LogP contribution is 2.25. The monoisotopic (exact) mass is 262 g/mol. The molecule has 3 aromatic rings. The number of aryl methyl sites for hydroxylation is 2. The fraction of sp³-hybridized carbons (Fsp3) is 0.167. The van der Waals surface area contributed by atoms with Crippen LogP contribution in [0.4, 0.5) is 0 Å². The van der Waals surface area contributed by atoms with Crippen LogP contribution < -0.4 is 0 Å². The molecule has 0 unspecified atom stereocenters. The van der Waals surface area contributed by atoms with Crippen LogP contribution in [0.2, 0.25) is 0 Å². The van der Waals surface area contributed by atoms with Gasteiger partial charge in [0.25, 0.3) is 0 Å². The number of rotatable bonds is 2. The van der Waals surface area contributed by atoms with Gasteiger partial charge in [0.1, 0.15) is 5.58 Å². The van der Waals surface area contributed by atoms with E-state index in [2.05, 4.69) is 6.07 Å². The second-order valence-corrected chi connectivity index (χ2v) is 5.31. The molecule has 0 radical (unpaired) electrons. The number of hydrogen-bond acceptors (Lipinski definition) is 2. The molecule has 2 heteroatoms. The van der Waals surface area contributed by atoms with E-state index in [4.69, 9.17) is 4.42 Å². The van der Waals surface area contributed by atoms with Crippen molar-refractivity contribution in [3.8, 4) is 0 Å². The molecule has 0 amide bonds. The van der Waals surface area contributed by atoms with E-state index in [1.54, 1.807) is 0 Å². The molecular formula is C18H14O2. The molecule has 0 aliphatic heterocycles. The van der Waals surface area contributed by atoms with Gasteiger partial charge >= 0.3 is 0 Å². The van der Waals surface area contributed by atoms with E-state index >= 15 is 0 Å². The van der Waals surface area contributed by atoms with Crippen LogP contribution in [0.1, 0.15) is 33.7 Å². The molecule has 1 aliphatic carbocycles. The molecule has 0 bridgehead atoms. The number of benzene rings is 2. The van der Waals surface area contributed by atoms with Crippen LogP contribution >= 0.6 is 0 Å². The topological polar surface area (TPSA) is 30.2 Å². The second-order valence-electron chi connectivity index (χ2n) is 5.31. The van der Waals surface area contributed by atoms with Gasteiger partial charge < -0.3 is 4.42 Å². The molecule has 98 valence electrons. The zero-order valence-corrected chi connectivity index (χ0v) is 11.1. The van der Waals surface area contributed by atoms with Crippen LogP contribution in [0, 0.1) is 0 Å². The molecule has 0 fully saturated rings. The van der Waals surface area contributed by atoms with E-state index in [9.17, 15) is 4.79 Å². The van der Waals surface area contributed by atoms with Gasteiger partial charge in [-0.15, -0.1) is 0 Å². The van der Waals surface area contributed by atoms with Crippen molar-refractivity contribution in [3.63, 3.8) is 0 Å². The zero-order valence-electron chi connectivity index (χ0n) is 11.1. The number of carbonyl (C=O) groups is 1. The van der Waals surface area contributed by atoms with Crippen LogP contribution in [0.25, 0.3) is 11.0 Å². The molecule has 0 saturated carbocycles. The van der Waals surface area contributed by atoms with Crippen LogP contribution in [-0.4, -0.2) is 5.78 Å². The Morgan fingerprint density at radius 1 is 0.950 bits per heavy atom. The molecule has 0 saturated heterocycles. The minimum Gasteiger partial charge on any atom is -0.453 e. The normalized spacial score (nSPS) is 13.6. The summed E-state index contributed by atoms with van der Waals surface area (Å²) >= 11 is 0. The number of furan rings is 1. The minimum absolute atomic E-state index is 0.0316. The van der Waals surface area contributed by atoms with E-state index in [1.165, 1.54) is 17.5 Å². The molecule has 0 atom stereocenters. The van der Waals surface area contributed by atoms with Gasteiger partial charge in [-0.1, -0.05) is 30.3 Å². The van der Waals surface area contributed by atoms with Crippen molar-refractivity contribution in [2.75, 3.05) is 0 Å². The molecule has 1 aromatic heterocycles. The smallest absolute Gasteiger partial charge is 0.228 e. The van der Waals surface area contributed by atoms with Crippen molar-refractivity contribution in [1.29, 1.82) is 0 Å². The predicted octanol–water partition coefficient (Wildman–Crippen LogP) is 4.15. The lowest BCUT2D eigenvalue weighted by Gasteiger charge is -2.02. The fourth-order valence-electron chi connectivity index (χ4n) is 2.95. The fourth-order valence-corrected chi connectivity index (χ4v) is 2.95. The summed E-state index contributed by atoms with van der Waals surface area (Å²) in [6.07, 6.45) is 3.41. The number of ketones is 1. The van der Waals surface area contributed by atoms with E-state index < -0.39 is 0 Å². The van der Waals surface area contributed by atoms with Crippen LogP contribution in [0.15, 0.2) is 52.9 Å². The van der Waals surface area contributed by atoms with Crippen molar-refractivity contribution in [2.45, 2.75) is 19.3 Å². The number of fused-ring (bicyclic) bond motifs is 2. The van der Waals surface area contributed by atoms with Gasteiger partial charge in [-0.2, -0.15) is 0 Å². The minimum atomic E-state index is -0.0316. The van der Waals surface area contributed by atoms with Crippen molar-refractivity contribution >= 4 is 16.8 Å². The molecule has 2 nitrogen and oxygen atoms in total. The maximum atomic E-state index is 12.5. The number of para-hydroxylation sites is 1. The van der Waals surface area contributed by atoms with Gasteiger partial charge in [0, 0.05) is 10.9 Å². The van der Waals surface area contributed by atoms with E-state index in [1.807, 2.05) is 42.5 Å². The van der Waals surface area contributed by atoms with Gasteiger partial charge in [0.2, 0.25) is 5.78 Å². The van der Waals surface area contributed by atoms with E-state index in [0.717, 1.165) is 29.4 Å². The summed E-state index contributed by atoms with van der Waals surface area (Å²) < 4.78 is 5.65. The third-order valence-corrected chi connectivity index (χ3v) is 4.01. The van der Waals surface area contributed by atoms with Gasteiger partial charge in [0.05, 0.1) is 0 Å². The largest absolute Gasteiger partial charge is 0.453 e. The second kappa shape index (κ2) is 4.34. The first-order chi connectivity index (χ1) is 9.81.